The maximum absolute atomic E-state index is 13.2. The molecule has 2 aromatic rings. The molecule has 84 valence electrons. The van der Waals surface area contributed by atoms with Gasteiger partial charge in [0.15, 0.2) is 5.01 Å². The van der Waals surface area contributed by atoms with Gasteiger partial charge in [0, 0.05) is 0 Å². The van der Waals surface area contributed by atoms with Gasteiger partial charge in [-0.2, -0.15) is 0 Å². The van der Waals surface area contributed by atoms with E-state index in [4.69, 9.17) is 5.11 Å². The van der Waals surface area contributed by atoms with Crippen molar-refractivity contribution < 1.29 is 14.3 Å². The van der Waals surface area contributed by atoms with Crippen molar-refractivity contribution in [3.63, 3.8) is 0 Å². The highest BCUT2D eigenvalue weighted by atomic mass is 32.1. The van der Waals surface area contributed by atoms with Crippen LogP contribution >= 0.6 is 11.3 Å². The lowest BCUT2D eigenvalue weighted by Gasteiger charge is -1.90. The SMILES string of the molecule is O=C(O)c1cnc(C#Cc2ccccc2F)s1. The molecule has 0 aliphatic rings. The molecular weight excluding hydrogens is 241 g/mol. The van der Waals surface area contributed by atoms with Crippen LogP contribution < -0.4 is 0 Å². The first-order valence-electron chi connectivity index (χ1n) is 4.62. The van der Waals surface area contributed by atoms with Gasteiger partial charge in [0.05, 0.1) is 11.8 Å². The number of halogens is 1. The summed E-state index contributed by atoms with van der Waals surface area (Å²) in [5, 5.41) is 9.04. The molecule has 0 unspecified atom stereocenters. The molecule has 0 saturated carbocycles. The normalized spacial score (nSPS) is 9.47. The Morgan fingerprint density at radius 2 is 2.12 bits per heavy atom. The Morgan fingerprint density at radius 3 is 2.76 bits per heavy atom. The van der Waals surface area contributed by atoms with Crippen molar-refractivity contribution >= 4 is 17.3 Å². The molecule has 0 bridgehead atoms. The zero-order valence-electron chi connectivity index (χ0n) is 8.48. The Bertz CT molecular complexity index is 625. The third kappa shape index (κ3) is 2.68. The summed E-state index contributed by atoms with van der Waals surface area (Å²) < 4.78 is 13.2. The topological polar surface area (TPSA) is 50.2 Å². The highest BCUT2D eigenvalue weighted by Gasteiger charge is 2.06. The number of carboxylic acids is 1. The molecule has 0 aliphatic carbocycles. The summed E-state index contributed by atoms with van der Waals surface area (Å²) in [6.07, 6.45) is 1.23. The summed E-state index contributed by atoms with van der Waals surface area (Å²) in [7, 11) is 0. The molecule has 0 fully saturated rings. The van der Waals surface area contributed by atoms with Crippen LogP contribution in [0.4, 0.5) is 4.39 Å². The molecule has 1 N–H and O–H groups in total. The van der Waals surface area contributed by atoms with E-state index in [1.807, 2.05) is 0 Å². The third-order valence-corrected chi connectivity index (χ3v) is 2.80. The number of benzene rings is 1. The van der Waals surface area contributed by atoms with Crippen LogP contribution in [0.5, 0.6) is 0 Å². The molecule has 0 atom stereocenters. The van der Waals surface area contributed by atoms with Crippen LogP contribution in [0.3, 0.4) is 0 Å². The van der Waals surface area contributed by atoms with E-state index in [1.54, 1.807) is 18.2 Å². The second kappa shape index (κ2) is 4.76. The van der Waals surface area contributed by atoms with E-state index in [1.165, 1.54) is 12.3 Å². The van der Waals surface area contributed by atoms with Gasteiger partial charge >= 0.3 is 5.97 Å². The lowest BCUT2D eigenvalue weighted by molar-refractivity contribution is 0.0702. The van der Waals surface area contributed by atoms with E-state index in [0.29, 0.717) is 5.01 Å². The minimum Gasteiger partial charge on any atom is -0.477 e. The van der Waals surface area contributed by atoms with E-state index < -0.39 is 11.8 Å². The fourth-order valence-corrected chi connectivity index (χ4v) is 1.72. The van der Waals surface area contributed by atoms with E-state index in [9.17, 15) is 9.18 Å². The zero-order valence-corrected chi connectivity index (χ0v) is 9.29. The first-order chi connectivity index (χ1) is 8.16. The Balaban J connectivity index is 2.27. The predicted octanol–water partition coefficient (Wildman–Crippen LogP) is 2.38. The average Bonchev–Trinajstić information content (AvgIpc) is 2.77. The number of aromatic carboxylic acids is 1. The molecular formula is C12H6FNO2S. The highest BCUT2D eigenvalue weighted by Crippen LogP contribution is 2.12. The fraction of sp³-hybridized carbons (Fsp3) is 0. The lowest BCUT2D eigenvalue weighted by Crippen LogP contribution is -1.89. The molecule has 0 amide bonds. The van der Waals surface area contributed by atoms with Crippen molar-refractivity contribution in [2.24, 2.45) is 0 Å². The van der Waals surface area contributed by atoms with Crippen LogP contribution in [0, 0.1) is 17.7 Å². The zero-order chi connectivity index (χ0) is 12.3. The maximum Gasteiger partial charge on any atom is 0.347 e. The van der Waals surface area contributed by atoms with Crippen molar-refractivity contribution in [3.8, 4) is 11.8 Å². The fourth-order valence-electron chi connectivity index (χ4n) is 1.11. The van der Waals surface area contributed by atoms with Gasteiger partial charge in [0.1, 0.15) is 10.7 Å². The molecule has 0 radical (unpaired) electrons. The van der Waals surface area contributed by atoms with Gasteiger partial charge in [-0.1, -0.05) is 29.4 Å². The number of thiazole rings is 1. The van der Waals surface area contributed by atoms with Crippen LogP contribution in [-0.2, 0) is 0 Å². The minimum absolute atomic E-state index is 0.114. The summed E-state index contributed by atoms with van der Waals surface area (Å²) in [4.78, 5) is 14.5. The van der Waals surface area contributed by atoms with E-state index in [2.05, 4.69) is 16.8 Å². The van der Waals surface area contributed by atoms with Gasteiger partial charge in [0.2, 0.25) is 0 Å². The Labute approximate surface area is 101 Å². The molecule has 5 heteroatoms. The highest BCUT2D eigenvalue weighted by molar-refractivity contribution is 7.14. The van der Waals surface area contributed by atoms with Crippen molar-refractivity contribution in [2.45, 2.75) is 0 Å². The van der Waals surface area contributed by atoms with E-state index >= 15 is 0 Å². The first kappa shape index (κ1) is 11.3. The van der Waals surface area contributed by atoms with Gasteiger partial charge in [-0.15, -0.1) is 0 Å². The van der Waals surface area contributed by atoms with Crippen LogP contribution in [0.25, 0.3) is 0 Å². The third-order valence-electron chi connectivity index (χ3n) is 1.89. The number of carboxylic acid groups (broad SMARTS) is 1. The summed E-state index contributed by atoms with van der Waals surface area (Å²) in [5.74, 6) is 3.79. The predicted molar refractivity (Wildman–Crippen MR) is 61.5 cm³/mol. The van der Waals surface area contributed by atoms with Crippen molar-refractivity contribution in [1.29, 1.82) is 0 Å². The standard InChI is InChI=1S/C12H6FNO2S/c13-9-4-2-1-3-8(9)5-6-11-14-7-10(17-11)12(15)16/h1-4,7H,(H,15,16). The van der Waals surface area contributed by atoms with Crippen LogP contribution in [-0.4, -0.2) is 16.1 Å². The quantitative estimate of drug-likeness (QED) is 0.787. The van der Waals surface area contributed by atoms with Crippen molar-refractivity contribution in [3.05, 3.63) is 51.7 Å². The van der Waals surface area contributed by atoms with Crippen LogP contribution in [0.2, 0.25) is 0 Å². The molecule has 1 heterocycles. The van der Waals surface area contributed by atoms with Gasteiger partial charge in [-0.3, -0.25) is 0 Å². The molecule has 1 aromatic heterocycles. The largest absolute Gasteiger partial charge is 0.477 e. The second-order valence-corrected chi connectivity index (χ2v) is 4.10. The Kier molecular flexibility index (Phi) is 3.17. The van der Waals surface area contributed by atoms with Crippen molar-refractivity contribution in [2.75, 3.05) is 0 Å². The number of carbonyl (C=O) groups is 1. The molecule has 0 aliphatic heterocycles. The van der Waals surface area contributed by atoms with Crippen molar-refractivity contribution in [1.82, 2.24) is 4.98 Å². The molecule has 0 spiro atoms. The van der Waals surface area contributed by atoms with Gasteiger partial charge in [-0.25, -0.2) is 14.2 Å². The number of aromatic nitrogens is 1. The second-order valence-electron chi connectivity index (χ2n) is 3.06. The molecule has 17 heavy (non-hydrogen) atoms. The van der Waals surface area contributed by atoms with Gasteiger partial charge < -0.3 is 5.11 Å². The number of nitrogens with zero attached hydrogens (tertiary/aromatic N) is 1. The molecule has 1 aromatic carbocycles. The van der Waals surface area contributed by atoms with Gasteiger partial charge in [-0.05, 0) is 18.1 Å². The average molecular weight is 247 g/mol. The molecule has 0 saturated heterocycles. The van der Waals surface area contributed by atoms with Crippen LogP contribution in [0.15, 0.2) is 30.5 Å². The first-order valence-corrected chi connectivity index (χ1v) is 5.44. The van der Waals surface area contributed by atoms with Crippen LogP contribution in [0.1, 0.15) is 20.2 Å². The van der Waals surface area contributed by atoms with E-state index in [-0.39, 0.29) is 10.4 Å². The number of hydrogen-bond donors (Lipinski definition) is 1. The summed E-state index contributed by atoms with van der Waals surface area (Å²) in [6, 6.07) is 6.12. The molecule has 2 rings (SSSR count). The summed E-state index contributed by atoms with van der Waals surface area (Å²) >= 11 is 0.959. The Hall–Kier alpha value is -2.19. The molecule has 3 nitrogen and oxygen atoms in total. The Morgan fingerprint density at radius 1 is 1.35 bits per heavy atom. The lowest BCUT2D eigenvalue weighted by atomic mass is 10.2. The summed E-state index contributed by atoms with van der Waals surface area (Å²) in [5.41, 5.74) is 0.263. The minimum atomic E-state index is -1.04. The number of hydrogen-bond acceptors (Lipinski definition) is 3. The monoisotopic (exact) mass is 247 g/mol. The van der Waals surface area contributed by atoms with E-state index in [0.717, 1.165) is 11.3 Å². The smallest absolute Gasteiger partial charge is 0.347 e. The van der Waals surface area contributed by atoms with Gasteiger partial charge in [0.25, 0.3) is 0 Å². The number of rotatable bonds is 1. The summed E-state index contributed by atoms with van der Waals surface area (Å²) in [6.45, 7) is 0. The maximum atomic E-state index is 13.2.